The number of fused-ring (bicyclic) bond motifs is 3. The van der Waals surface area contributed by atoms with Crippen molar-refractivity contribution in [1.29, 1.82) is 0 Å². The molecule has 1 aliphatic heterocycles. The third-order valence-electron chi connectivity index (χ3n) is 8.18. The van der Waals surface area contributed by atoms with Gasteiger partial charge in [-0.2, -0.15) is 0 Å². The van der Waals surface area contributed by atoms with E-state index in [1.807, 2.05) is 12.1 Å². The van der Waals surface area contributed by atoms with Gasteiger partial charge in [-0.15, -0.1) is 0 Å². The Kier molecular flexibility index (Phi) is 6.20. The molecule has 2 heterocycles. The number of aromatic nitrogens is 1. The highest BCUT2D eigenvalue weighted by atomic mass is 15.0. The number of aliphatic imine (C=N–C) groups is 1. The standard InChI is InChI=1S/C40H28N3/c1-4-12-28(13-5-1)29-20-22-31(23-21-29)37-27-36(30-14-6-2-7-15-30)41-40(42-37)32-24-25-39-35(26-32)34-18-10-11-19-38(34)43(39)33-16-8-3-9-17-33/h1-27,36H/q-1. The highest BCUT2D eigenvalue weighted by molar-refractivity contribution is 6.17. The lowest BCUT2D eigenvalue weighted by atomic mass is 9.98. The summed E-state index contributed by atoms with van der Waals surface area (Å²) in [4.78, 5) is 5.16. The quantitative estimate of drug-likeness (QED) is 0.204. The molecule has 6 aromatic carbocycles. The molecule has 0 fully saturated rings. The maximum atomic E-state index is 5.18. The van der Waals surface area contributed by atoms with Crippen molar-refractivity contribution < 1.29 is 0 Å². The van der Waals surface area contributed by atoms with Crippen molar-refractivity contribution in [2.45, 2.75) is 6.04 Å². The zero-order valence-corrected chi connectivity index (χ0v) is 23.5. The van der Waals surface area contributed by atoms with Crippen LogP contribution in [0.1, 0.15) is 22.7 Å². The summed E-state index contributed by atoms with van der Waals surface area (Å²) in [6, 6.07) is 55.3. The number of hydrogen-bond acceptors (Lipinski definition) is 1. The zero-order valence-electron chi connectivity index (χ0n) is 23.5. The average Bonchev–Trinajstić information content (AvgIpc) is 3.43. The molecule has 0 spiro atoms. The Labute approximate surface area is 251 Å². The summed E-state index contributed by atoms with van der Waals surface area (Å²) in [5.41, 5.74) is 10.1. The summed E-state index contributed by atoms with van der Waals surface area (Å²) in [6.45, 7) is 0. The van der Waals surface area contributed by atoms with Gasteiger partial charge in [-0.05, 0) is 63.8 Å². The van der Waals surface area contributed by atoms with Crippen LogP contribution in [0.4, 0.5) is 0 Å². The van der Waals surface area contributed by atoms with E-state index in [-0.39, 0.29) is 6.04 Å². The summed E-state index contributed by atoms with van der Waals surface area (Å²) in [5.74, 6) is 0.747. The van der Waals surface area contributed by atoms with Crippen molar-refractivity contribution in [2.75, 3.05) is 0 Å². The smallest absolute Gasteiger partial charge is 0.0541 e. The second kappa shape index (κ2) is 10.6. The van der Waals surface area contributed by atoms with Gasteiger partial charge in [-0.1, -0.05) is 139 Å². The number of nitrogens with zero attached hydrogens (tertiary/aromatic N) is 3. The molecule has 0 saturated carbocycles. The molecule has 1 atom stereocenters. The predicted octanol–water partition coefficient (Wildman–Crippen LogP) is 10.4. The summed E-state index contributed by atoms with van der Waals surface area (Å²) in [7, 11) is 0. The molecule has 1 unspecified atom stereocenters. The Morgan fingerprint density at radius 2 is 1.07 bits per heavy atom. The number of amidine groups is 1. The van der Waals surface area contributed by atoms with E-state index in [0.717, 1.165) is 33.9 Å². The van der Waals surface area contributed by atoms with Crippen molar-refractivity contribution in [1.82, 2.24) is 4.57 Å². The fourth-order valence-electron chi connectivity index (χ4n) is 6.05. The first kappa shape index (κ1) is 25.1. The van der Waals surface area contributed by atoms with E-state index in [0.29, 0.717) is 0 Å². The van der Waals surface area contributed by atoms with Gasteiger partial charge in [0.25, 0.3) is 0 Å². The van der Waals surface area contributed by atoms with Gasteiger partial charge in [0.05, 0.1) is 11.0 Å². The van der Waals surface area contributed by atoms with Crippen LogP contribution in [0.2, 0.25) is 0 Å². The number of para-hydroxylation sites is 2. The Hall–Kier alpha value is -5.67. The van der Waals surface area contributed by atoms with Gasteiger partial charge >= 0.3 is 0 Å². The third kappa shape index (κ3) is 4.61. The van der Waals surface area contributed by atoms with Crippen LogP contribution in [-0.2, 0) is 0 Å². The molecule has 0 saturated heterocycles. The Morgan fingerprint density at radius 1 is 0.488 bits per heavy atom. The maximum Gasteiger partial charge on any atom is 0.0541 e. The molecule has 43 heavy (non-hydrogen) atoms. The molecule has 0 amide bonds. The fraction of sp³-hybridized carbons (Fsp3) is 0.0250. The lowest BCUT2D eigenvalue weighted by Crippen LogP contribution is -2.10. The first-order valence-electron chi connectivity index (χ1n) is 14.6. The summed E-state index contributed by atoms with van der Waals surface area (Å²) >= 11 is 0. The number of hydrogen-bond donors (Lipinski definition) is 0. The van der Waals surface area contributed by atoms with Crippen molar-refractivity contribution in [3.05, 3.63) is 186 Å². The summed E-state index contributed by atoms with van der Waals surface area (Å²) in [5, 5.41) is 7.59. The van der Waals surface area contributed by atoms with Crippen molar-refractivity contribution in [3.63, 3.8) is 0 Å². The Morgan fingerprint density at radius 3 is 1.84 bits per heavy atom. The Bertz CT molecular complexity index is 2120. The zero-order chi connectivity index (χ0) is 28.6. The highest BCUT2D eigenvalue weighted by Crippen LogP contribution is 2.38. The van der Waals surface area contributed by atoms with Gasteiger partial charge in [0, 0.05) is 22.5 Å². The van der Waals surface area contributed by atoms with Crippen LogP contribution in [0.15, 0.2) is 169 Å². The van der Waals surface area contributed by atoms with Gasteiger partial charge in [0.1, 0.15) is 0 Å². The van der Waals surface area contributed by atoms with E-state index in [4.69, 9.17) is 10.3 Å². The molecular weight excluding hydrogens is 522 g/mol. The van der Waals surface area contributed by atoms with Gasteiger partial charge in [-0.3, -0.25) is 0 Å². The van der Waals surface area contributed by atoms with Gasteiger partial charge in [0.2, 0.25) is 0 Å². The average molecular weight is 551 g/mol. The van der Waals surface area contributed by atoms with Crippen LogP contribution in [0, 0.1) is 0 Å². The molecule has 1 aliphatic rings. The summed E-state index contributed by atoms with van der Waals surface area (Å²) < 4.78 is 2.33. The van der Waals surface area contributed by atoms with Crippen LogP contribution in [0.5, 0.6) is 0 Å². The molecule has 3 nitrogen and oxygen atoms in total. The molecule has 204 valence electrons. The SMILES string of the molecule is C1=C(c2ccc(-c3ccccc3)cc2)N=C(c2ccc3c(c2)c2ccccc2n3-c2ccccc2)[N-]C1c1ccccc1. The molecule has 0 bridgehead atoms. The second-order valence-electron chi connectivity index (χ2n) is 10.8. The van der Waals surface area contributed by atoms with Crippen molar-refractivity contribution >= 4 is 33.3 Å². The first-order valence-corrected chi connectivity index (χ1v) is 14.6. The molecule has 0 aliphatic carbocycles. The lowest BCUT2D eigenvalue weighted by Gasteiger charge is -2.33. The summed E-state index contributed by atoms with van der Waals surface area (Å²) in [6.07, 6.45) is 2.18. The maximum absolute atomic E-state index is 5.18. The molecule has 0 N–H and O–H groups in total. The van der Waals surface area contributed by atoms with E-state index in [1.54, 1.807) is 0 Å². The molecule has 3 heteroatoms. The van der Waals surface area contributed by atoms with Crippen LogP contribution in [0.3, 0.4) is 0 Å². The fourth-order valence-corrected chi connectivity index (χ4v) is 6.05. The number of benzene rings is 6. The number of rotatable bonds is 5. The van der Waals surface area contributed by atoms with E-state index in [2.05, 4.69) is 156 Å². The predicted molar refractivity (Wildman–Crippen MR) is 180 cm³/mol. The van der Waals surface area contributed by atoms with Crippen molar-refractivity contribution in [3.8, 4) is 16.8 Å². The van der Waals surface area contributed by atoms with Crippen LogP contribution < -0.4 is 0 Å². The largest absolute Gasteiger partial charge is 0.454 e. The van der Waals surface area contributed by atoms with Crippen LogP contribution >= 0.6 is 0 Å². The van der Waals surface area contributed by atoms with E-state index >= 15 is 0 Å². The van der Waals surface area contributed by atoms with E-state index in [9.17, 15) is 0 Å². The monoisotopic (exact) mass is 550 g/mol. The van der Waals surface area contributed by atoms with Crippen LogP contribution in [0.25, 0.3) is 49.6 Å². The molecule has 8 rings (SSSR count). The minimum atomic E-state index is -0.126. The molecule has 0 radical (unpaired) electrons. The van der Waals surface area contributed by atoms with Crippen LogP contribution in [-0.4, -0.2) is 10.4 Å². The van der Waals surface area contributed by atoms with Gasteiger partial charge < -0.3 is 14.9 Å². The normalized spacial score (nSPS) is 14.7. The second-order valence-corrected chi connectivity index (χ2v) is 10.8. The van der Waals surface area contributed by atoms with Crippen molar-refractivity contribution in [2.24, 2.45) is 4.99 Å². The van der Waals surface area contributed by atoms with E-state index < -0.39 is 0 Å². The highest BCUT2D eigenvalue weighted by Gasteiger charge is 2.16. The minimum Gasteiger partial charge on any atom is -0.454 e. The van der Waals surface area contributed by atoms with Gasteiger partial charge in [0.15, 0.2) is 0 Å². The third-order valence-corrected chi connectivity index (χ3v) is 8.18. The van der Waals surface area contributed by atoms with E-state index in [1.165, 1.54) is 32.9 Å². The van der Waals surface area contributed by atoms with Gasteiger partial charge in [-0.25, -0.2) is 0 Å². The molecule has 1 aromatic heterocycles. The minimum absolute atomic E-state index is 0.126. The lowest BCUT2D eigenvalue weighted by molar-refractivity contribution is 1.04. The topological polar surface area (TPSA) is 31.4 Å². The molecule has 7 aromatic rings. The first-order chi connectivity index (χ1) is 21.3. The Balaban J connectivity index is 1.25. The molecular formula is C40H28N3-.